The van der Waals surface area contributed by atoms with E-state index in [1.165, 1.54) is 0 Å². The van der Waals surface area contributed by atoms with Crippen LogP contribution in [0.5, 0.6) is 0 Å². The number of hydrogen-bond donors (Lipinski definition) is 3. The molecule has 8 nitrogen and oxygen atoms in total. The number of benzene rings is 1. The molecule has 1 unspecified atom stereocenters. The van der Waals surface area contributed by atoms with Gasteiger partial charge in [0.1, 0.15) is 0 Å². The van der Waals surface area contributed by atoms with E-state index < -0.39 is 5.97 Å². The third kappa shape index (κ3) is 4.37. The molecule has 1 amide bonds. The quantitative estimate of drug-likeness (QED) is 0.737. The minimum atomic E-state index is -0.908. The van der Waals surface area contributed by atoms with Gasteiger partial charge in [0.05, 0.1) is 0 Å². The average molecular weight is 289 g/mol. The van der Waals surface area contributed by atoms with Crippen molar-refractivity contribution < 1.29 is 14.7 Å². The number of carboxylic acid groups (broad SMARTS) is 1. The highest BCUT2D eigenvalue weighted by atomic mass is 16.4. The molecule has 2 rings (SSSR count). The summed E-state index contributed by atoms with van der Waals surface area (Å²) in [7, 11) is 0. The monoisotopic (exact) mass is 289 g/mol. The number of aliphatic carboxylic acids is 1. The van der Waals surface area contributed by atoms with Crippen LogP contribution >= 0.6 is 0 Å². The largest absolute Gasteiger partial charge is 0.481 e. The highest BCUT2D eigenvalue weighted by molar-refractivity contribution is 5.91. The Morgan fingerprint density at radius 3 is 2.86 bits per heavy atom. The molecular weight excluding hydrogens is 274 g/mol. The van der Waals surface area contributed by atoms with Crippen LogP contribution in [-0.4, -0.2) is 37.6 Å². The zero-order valence-electron chi connectivity index (χ0n) is 11.4. The van der Waals surface area contributed by atoms with Gasteiger partial charge in [-0.2, -0.15) is 5.21 Å². The molecule has 0 saturated carbocycles. The van der Waals surface area contributed by atoms with Gasteiger partial charge < -0.3 is 10.4 Å². The van der Waals surface area contributed by atoms with Gasteiger partial charge in [-0.25, -0.2) is 0 Å². The summed E-state index contributed by atoms with van der Waals surface area (Å²) in [5, 5.41) is 25.0. The number of rotatable bonds is 6. The van der Waals surface area contributed by atoms with Crippen molar-refractivity contribution in [2.45, 2.75) is 19.8 Å². The van der Waals surface area contributed by atoms with Gasteiger partial charge in [-0.15, -0.1) is 10.2 Å². The second kappa shape index (κ2) is 6.60. The van der Waals surface area contributed by atoms with E-state index in [1.807, 2.05) is 0 Å². The molecule has 0 bridgehead atoms. The number of H-pyrrole nitrogens is 1. The number of aromatic nitrogens is 4. The molecule has 8 heteroatoms. The van der Waals surface area contributed by atoms with E-state index in [1.54, 1.807) is 31.2 Å². The normalized spacial score (nSPS) is 11.9. The van der Waals surface area contributed by atoms with E-state index in [0.29, 0.717) is 11.5 Å². The maximum atomic E-state index is 11.8. The van der Waals surface area contributed by atoms with Crippen LogP contribution in [0.25, 0.3) is 11.4 Å². The van der Waals surface area contributed by atoms with Crippen molar-refractivity contribution in [1.29, 1.82) is 0 Å². The molecular formula is C13H15N5O3. The number of anilines is 1. The molecule has 2 aromatic rings. The maximum Gasteiger partial charge on any atom is 0.303 e. The minimum absolute atomic E-state index is 0.0314. The highest BCUT2D eigenvalue weighted by Crippen LogP contribution is 2.19. The molecule has 1 aromatic heterocycles. The number of amides is 1. The lowest BCUT2D eigenvalue weighted by Gasteiger charge is -2.09. The summed E-state index contributed by atoms with van der Waals surface area (Å²) in [6, 6.07) is 7.03. The number of carbonyl (C=O) groups excluding carboxylic acids is 1. The SMILES string of the molecule is CC(CC(=O)O)CC(=O)Nc1cccc(-c2nn[nH]n2)c1. The van der Waals surface area contributed by atoms with Crippen molar-refractivity contribution in [3.8, 4) is 11.4 Å². The Hall–Kier alpha value is -2.77. The van der Waals surface area contributed by atoms with Crippen LogP contribution in [0.15, 0.2) is 24.3 Å². The molecule has 0 spiro atoms. The minimum Gasteiger partial charge on any atom is -0.481 e. The van der Waals surface area contributed by atoms with E-state index in [-0.39, 0.29) is 24.7 Å². The molecule has 21 heavy (non-hydrogen) atoms. The summed E-state index contributed by atoms with van der Waals surface area (Å²) in [5.41, 5.74) is 1.32. The first-order chi connectivity index (χ1) is 10.0. The summed E-state index contributed by atoms with van der Waals surface area (Å²) in [6.45, 7) is 1.73. The number of nitrogens with zero attached hydrogens (tertiary/aromatic N) is 3. The first-order valence-corrected chi connectivity index (χ1v) is 6.40. The fraction of sp³-hybridized carbons (Fsp3) is 0.308. The van der Waals surface area contributed by atoms with Gasteiger partial charge in [-0.1, -0.05) is 19.1 Å². The van der Waals surface area contributed by atoms with Gasteiger partial charge in [0.2, 0.25) is 11.7 Å². The number of tetrazole rings is 1. The van der Waals surface area contributed by atoms with E-state index >= 15 is 0 Å². The fourth-order valence-corrected chi connectivity index (χ4v) is 1.92. The topological polar surface area (TPSA) is 121 Å². The van der Waals surface area contributed by atoms with Crippen LogP contribution in [0.3, 0.4) is 0 Å². The molecule has 0 aliphatic carbocycles. The van der Waals surface area contributed by atoms with Crippen molar-refractivity contribution in [2.75, 3.05) is 5.32 Å². The van der Waals surface area contributed by atoms with Gasteiger partial charge in [-0.3, -0.25) is 9.59 Å². The van der Waals surface area contributed by atoms with Gasteiger partial charge >= 0.3 is 5.97 Å². The van der Waals surface area contributed by atoms with Crippen LogP contribution in [0, 0.1) is 5.92 Å². The Morgan fingerprint density at radius 2 is 2.19 bits per heavy atom. The van der Waals surface area contributed by atoms with Crippen molar-refractivity contribution in [3.63, 3.8) is 0 Å². The number of carboxylic acids is 1. The summed E-state index contributed by atoms with van der Waals surface area (Å²) >= 11 is 0. The first-order valence-electron chi connectivity index (χ1n) is 6.40. The number of nitrogens with one attached hydrogen (secondary N) is 2. The number of hydrogen-bond acceptors (Lipinski definition) is 5. The molecule has 0 fully saturated rings. The molecule has 1 atom stereocenters. The van der Waals surface area contributed by atoms with E-state index in [9.17, 15) is 9.59 Å². The van der Waals surface area contributed by atoms with Crippen LogP contribution in [0.2, 0.25) is 0 Å². The molecule has 3 N–H and O–H groups in total. The van der Waals surface area contributed by atoms with Gasteiger partial charge in [0, 0.05) is 24.1 Å². The van der Waals surface area contributed by atoms with Crippen molar-refractivity contribution in [2.24, 2.45) is 5.92 Å². The lowest BCUT2D eigenvalue weighted by Crippen LogP contribution is -2.16. The molecule has 1 heterocycles. The van der Waals surface area contributed by atoms with Gasteiger partial charge in [0.15, 0.2) is 0 Å². The predicted molar refractivity (Wildman–Crippen MR) is 74.3 cm³/mol. The summed E-state index contributed by atoms with van der Waals surface area (Å²) < 4.78 is 0. The van der Waals surface area contributed by atoms with E-state index in [2.05, 4.69) is 25.9 Å². The number of carbonyl (C=O) groups is 2. The summed E-state index contributed by atoms with van der Waals surface area (Å²) in [6.07, 6.45) is 0.120. The van der Waals surface area contributed by atoms with Crippen molar-refractivity contribution >= 4 is 17.6 Å². The molecule has 110 valence electrons. The Balaban J connectivity index is 1.98. The Kier molecular flexibility index (Phi) is 4.60. The van der Waals surface area contributed by atoms with Crippen LogP contribution in [-0.2, 0) is 9.59 Å². The molecule has 0 aliphatic heterocycles. The van der Waals surface area contributed by atoms with Crippen LogP contribution < -0.4 is 5.32 Å². The van der Waals surface area contributed by atoms with Crippen molar-refractivity contribution in [1.82, 2.24) is 20.6 Å². The van der Waals surface area contributed by atoms with E-state index in [0.717, 1.165) is 5.56 Å². The maximum absolute atomic E-state index is 11.8. The zero-order chi connectivity index (χ0) is 15.2. The molecule has 0 radical (unpaired) electrons. The third-order valence-electron chi connectivity index (χ3n) is 2.81. The van der Waals surface area contributed by atoms with Crippen LogP contribution in [0.4, 0.5) is 5.69 Å². The second-order valence-corrected chi connectivity index (χ2v) is 4.77. The predicted octanol–water partition coefficient (Wildman–Crippen LogP) is 1.31. The first kappa shape index (κ1) is 14.6. The lowest BCUT2D eigenvalue weighted by atomic mass is 10.0. The Bertz CT molecular complexity index is 626. The Morgan fingerprint density at radius 1 is 1.38 bits per heavy atom. The van der Waals surface area contributed by atoms with Gasteiger partial charge in [0.25, 0.3) is 0 Å². The summed E-state index contributed by atoms with van der Waals surface area (Å²) in [4.78, 5) is 22.4. The zero-order valence-corrected chi connectivity index (χ0v) is 11.4. The smallest absolute Gasteiger partial charge is 0.303 e. The van der Waals surface area contributed by atoms with Crippen molar-refractivity contribution in [3.05, 3.63) is 24.3 Å². The average Bonchev–Trinajstić information content (AvgIpc) is 2.91. The highest BCUT2D eigenvalue weighted by Gasteiger charge is 2.13. The number of aromatic amines is 1. The summed E-state index contributed by atoms with van der Waals surface area (Å²) in [5.74, 6) is -0.920. The van der Waals surface area contributed by atoms with E-state index in [4.69, 9.17) is 5.11 Å². The molecule has 1 aromatic carbocycles. The fourth-order valence-electron chi connectivity index (χ4n) is 1.92. The molecule has 0 saturated heterocycles. The van der Waals surface area contributed by atoms with Crippen LogP contribution in [0.1, 0.15) is 19.8 Å². The third-order valence-corrected chi connectivity index (χ3v) is 2.81. The standard InChI is InChI=1S/C13H15N5O3/c1-8(6-12(20)21)5-11(19)14-10-4-2-3-9(7-10)13-15-17-18-16-13/h2-4,7-8H,5-6H2,1H3,(H,14,19)(H,20,21)(H,15,16,17,18). The second-order valence-electron chi connectivity index (χ2n) is 4.77. The lowest BCUT2D eigenvalue weighted by molar-refractivity contribution is -0.138. The van der Waals surface area contributed by atoms with Gasteiger partial charge in [-0.05, 0) is 23.3 Å². The molecule has 0 aliphatic rings. The Labute approximate surface area is 120 Å².